The Hall–Kier alpha value is -3.71. The molecule has 4 rings (SSSR count). The van der Waals surface area contributed by atoms with Crippen molar-refractivity contribution in [2.45, 2.75) is 19.5 Å². The lowest BCUT2D eigenvalue weighted by Crippen LogP contribution is -2.36. The highest BCUT2D eigenvalue weighted by atomic mass is 35.5. The summed E-state index contributed by atoms with van der Waals surface area (Å²) in [5, 5.41) is 9.69. The van der Waals surface area contributed by atoms with E-state index in [4.69, 9.17) is 25.8 Å². The summed E-state index contributed by atoms with van der Waals surface area (Å²) in [6.45, 7) is 2.08. The fourth-order valence-corrected chi connectivity index (χ4v) is 3.78. The van der Waals surface area contributed by atoms with Crippen LogP contribution in [0.2, 0.25) is 5.02 Å². The zero-order valence-electron chi connectivity index (χ0n) is 17.9. The van der Waals surface area contributed by atoms with Crippen molar-refractivity contribution in [1.29, 1.82) is 0 Å². The van der Waals surface area contributed by atoms with Crippen molar-refractivity contribution in [2.75, 3.05) is 13.4 Å². The number of carboxylic acids is 1. The van der Waals surface area contributed by atoms with Crippen LogP contribution in [-0.2, 0) is 11.3 Å². The molecule has 0 aliphatic carbocycles. The van der Waals surface area contributed by atoms with Gasteiger partial charge in [-0.2, -0.15) is 0 Å². The van der Waals surface area contributed by atoms with Crippen molar-refractivity contribution >= 4 is 23.5 Å². The van der Waals surface area contributed by atoms with Crippen LogP contribution in [0.1, 0.15) is 34.5 Å². The molecule has 1 heterocycles. The summed E-state index contributed by atoms with van der Waals surface area (Å²) in [5.41, 5.74) is 1.73. The van der Waals surface area contributed by atoms with Gasteiger partial charge in [-0.25, -0.2) is 4.79 Å². The summed E-state index contributed by atoms with van der Waals surface area (Å²) >= 11 is 5.90. The minimum atomic E-state index is -1.19. The lowest BCUT2D eigenvalue weighted by molar-refractivity contribution is -0.136. The van der Waals surface area contributed by atoms with Crippen molar-refractivity contribution in [3.05, 3.63) is 88.4 Å². The van der Waals surface area contributed by atoms with Gasteiger partial charge in [0.2, 0.25) is 6.79 Å². The normalized spacial score (nSPS) is 12.8. The standard InChI is InChI=1S/C25H22ClNO6/c1-16(18-5-3-2-4-6-18)27(13-17-7-9-22-23(11-17)33-15-32-22)24(28)14-31-21-10-8-19(26)12-20(21)25(29)30/h2-12,16H,13-15H2,1H3,(H,29,30)/t16-/m1/s1. The quantitative estimate of drug-likeness (QED) is 0.505. The van der Waals surface area contributed by atoms with Gasteiger partial charge in [0.15, 0.2) is 18.1 Å². The van der Waals surface area contributed by atoms with Gasteiger partial charge < -0.3 is 24.2 Å². The van der Waals surface area contributed by atoms with Crippen molar-refractivity contribution in [2.24, 2.45) is 0 Å². The molecular weight excluding hydrogens is 446 g/mol. The Labute approximate surface area is 196 Å². The highest BCUT2D eigenvalue weighted by molar-refractivity contribution is 6.31. The van der Waals surface area contributed by atoms with Crippen molar-refractivity contribution in [1.82, 2.24) is 4.90 Å². The van der Waals surface area contributed by atoms with Gasteiger partial charge in [0.1, 0.15) is 11.3 Å². The summed E-state index contributed by atoms with van der Waals surface area (Å²) in [5.74, 6) is -0.100. The maximum Gasteiger partial charge on any atom is 0.339 e. The van der Waals surface area contributed by atoms with Gasteiger partial charge in [-0.1, -0.05) is 48.0 Å². The molecule has 1 atom stereocenters. The fraction of sp³-hybridized carbons (Fsp3) is 0.200. The Morgan fingerprint density at radius 3 is 2.58 bits per heavy atom. The van der Waals surface area contributed by atoms with E-state index in [1.807, 2.05) is 55.5 Å². The largest absolute Gasteiger partial charge is 0.483 e. The van der Waals surface area contributed by atoms with E-state index in [0.717, 1.165) is 11.1 Å². The third-order valence-corrected chi connectivity index (χ3v) is 5.62. The molecule has 33 heavy (non-hydrogen) atoms. The number of hydrogen-bond acceptors (Lipinski definition) is 5. The van der Waals surface area contributed by atoms with Crippen LogP contribution < -0.4 is 14.2 Å². The molecule has 0 bridgehead atoms. The van der Waals surface area contributed by atoms with Crippen molar-refractivity contribution in [3.63, 3.8) is 0 Å². The van der Waals surface area contributed by atoms with Crippen LogP contribution in [0, 0.1) is 0 Å². The Balaban J connectivity index is 1.56. The van der Waals surface area contributed by atoms with Gasteiger partial charge in [-0.15, -0.1) is 0 Å². The van der Waals surface area contributed by atoms with E-state index in [9.17, 15) is 14.7 Å². The maximum absolute atomic E-state index is 13.3. The summed E-state index contributed by atoms with van der Waals surface area (Å²) < 4.78 is 16.4. The average Bonchev–Trinajstić information content (AvgIpc) is 3.29. The molecule has 0 aromatic heterocycles. The van der Waals surface area contributed by atoms with E-state index in [2.05, 4.69) is 0 Å². The van der Waals surface area contributed by atoms with E-state index < -0.39 is 5.97 Å². The number of aromatic carboxylic acids is 1. The molecule has 0 saturated carbocycles. The smallest absolute Gasteiger partial charge is 0.339 e. The van der Waals surface area contributed by atoms with E-state index in [1.165, 1.54) is 18.2 Å². The first kappa shape index (κ1) is 22.5. The lowest BCUT2D eigenvalue weighted by Gasteiger charge is -2.30. The molecule has 0 radical (unpaired) electrons. The summed E-state index contributed by atoms with van der Waals surface area (Å²) in [6.07, 6.45) is 0. The molecule has 3 aromatic carbocycles. The number of halogens is 1. The number of amides is 1. The minimum absolute atomic E-state index is 0.0793. The third kappa shape index (κ3) is 5.21. The lowest BCUT2D eigenvalue weighted by atomic mass is 10.1. The van der Waals surface area contributed by atoms with Crippen LogP contribution >= 0.6 is 11.6 Å². The van der Waals surface area contributed by atoms with Crippen LogP contribution in [0.4, 0.5) is 0 Å². The Kier molecular flexibility index (Phi) is 6.70. The van der Waals surface area contributed by atoms with E-state index in [-0.39, 0.29) is 41.7 Å². The molecule has 1 aliphatic rings. The number of hydrogen-bond donors (Lipinski definition) is 1. The van der Waals surface area contributed by atoms with Gasteiger partial charge in [-0.05, 0) is 48.4 Å². The summed E-state index contributed by atoms with van der Waals surface area (Å²) in [6, 6.07) is 19.2. The SMILES string of the molecule is C[C@H](c1ccccc1)N(Cc1ccc2c(c1)OCO2)C(=O)COc1ccc(Cl)cc1C(=O)O. The second-order valence-electron chi connectivity index (χ2n) is 7.53. The molecule has 7 nitrogen and oxygen atoms in total. The van der Waals surface area contributed by atoms with E-state index in [1.54, 1.807) is 4.90 Å². The highest BCUT2D eigenvalue weighted by Crippen LogP contribution is 2.34. The van der Waals surface area contributed by atoms with E-state index >= 15 is 0 Å². The molecule has 1 amide bonds. The zero-order chi connectivity index (χ0) is 23.4. The Bertz CT molecular complexity index is 1170. The number of rotatable bonds is 8. The number of nitrogens with zero attached hydrogens (tertiary/aromatic N) is 1. The van der Waals surface area contributed by atoms with Gasteiger partial charge in [0.05, 0.1) is 6.04 Å². The van der Waals surface area contributed by atoms with Gasteiger partial charge in [0, 0.05) is 11.6 Å². The van der Waals surface area contributed by atoms with E-state index in [0.29, 0.717) is 18.0 Å². The third-order valence-electron chi connectivity index (χ3n) is 5.38. The molecule has 0 fully saturated rings. The average molecular weight is 468 g/mol. The number of fused-ring (bicyclic) bond motifs is 1. The van der Waals surface area contributed by atoms with Gasteiger partial charge >= 0.3 is 5.97 Å². The second kappa shape index (κ2) is 9.83. The molecule has 1 aliphatic heterocycles. The number of carbonyl (C=O) groups excluding carboxylic acids is 1. The van der Waals surface area contributed by atoms with Crippen LogP contribution in [0.25, 0.3) is 0 Å². The first-order valence-corrected chi connectivity index (χ1v) is 10.7. The predicted octanol–water partition coefficient (Wildman–Crippen LogP) is 4.94. The monoisotopic (exact) mass is 467 g/mol. The molecule has 0 saturated heterocycles. The van der Waals surface area contributed by atoms with Crippen LogP contribution in [0.3, 0.4) is 0 Å². The van der Waals surface area contributed by atoms with Gasteiger partial charge in [-0.3, -0.25) is 4.79 Å². The predicted molar refractivity (Wildman–Crippen MR) is 122 cm³/mol. The van der Waals surface area contributed by atoms with Crippen LogP contribution in [0.15, 0.2) is 66.7 Å². The van der Waals surface area contributed by atoms with Crippen molar-refractivity contribution < 1.29 is 28.9 Å². The summed E-state index contributed by atoms with van der Waals surface area (Å²) in [7, 11) is 0. The second-order valence-corrected chi connectivity index (χ2v) is 7.97. The number of carboxylic acid groups (broad SMARTS) is 1. The first-order chi connectivity index (χ1) is 15.9. The number of carbonyl (C=O) groups is 2. The molecule has 0 unspecified atom stereocenters. The Morgan fingerprint density at radius 1 is 1.06 bits per heavy atom. The molecule has 170 valence electrons. The molecule has 1 N–H and O–H groups in total. The Morgan fingerprint density at radius 2 is 1.82 bits per heavy atom. The molecule has 3 aromatic rings. The maximum atomic E-state index is 13.3. The first-order valence-electron chi connectivity index (χ1n) is 10.3. The van der Waals surface area contributed by atoms with Crippen molar-refractivity contribution in [3.8, 4) is 17.2 Å². The molecular formula is C25H22ClNO6. The molecule has 8 heteroatoms. The van der Waals surface area contributed by atoms with Gasteiger partial charge in [0.25, 0.3) is 5.91 Å². The minimum Gasteiger partial charge on any atom is -0.483 e. The zero-order valence-corrected chi connectivity index (χ0v) is 18.6. The summed E-state index contributed by atoms with van der Waals surface area (Å²) in [4.78, 5) is 26.5. The number of ether oxygens (including phenoxy) is 3. The topological polar surface area (TPSA) is 85.3 Å². The highest BCUT2D eigenvalue weighted by Gasteiger charge is 2.24. The fourth-order valence-electron chi connectivity index (χ4n) is 3.61. The van der Waals surface area contributed by atoms with Crippen LogP contribution in [-0.4, -0.2) is 35.3 Å². The molecule has 0 spiro atoms. The van der Waals surface area contributed by atoms with Crippen LogP contribution in [0.5, 0.6) is 17.2 Å². The number of benzene rings is 3.